The van der Waals surface area contributed by atoms with E-state index in [1.54, 1.807) is 6.08 Å². The summed E-state index contributed by atoms with van der Waals surface area (Å²) in [5.74, 6) is 3.00. The molecule has 0 spiro atoms. The number of benzene rings is 1. The van der Waals surface area contributed by atoms with Crippen molar-refractivity contribution in [1.29, 1.82) is 0 Å². The lowest BCUT2D eigenvalue weighted by molar-refractivity contribution is -0.127. The molecule has 0 saturated carbocycles. The second kappa shape index (κ2) is 10.1. The Morgan fingerprint density at radius 3 is 2.69 bits per heavy atom. The van der Waals surface area contributed by atoms with Gasteiger partial charge in [0.1, 0.15) is 0 Å². The maximum Gasteiger partial charge on any atom is 0.246 e. The van der Waals surface area contributed by atoms with Gasteiger partial charge in [0.25, 0.3) is 0 Å². The molecular formula is C22H29N3O4. The first kappa shape index (κ1) is 20.9. The zero-order valence-corrected chi connectivity index (χ0v) is 17.4. The van der Waals surface area contributed by atoms with E-state index in [0.717, 1.165) is 30.6 Å². The molecule has 0 aliphatic carbocycles. The second-order valence-electron chi connectivity index (χ2n) is 7.10. The molecule has 7 heteroatoms. The van der Waals surface area contributed by atoms with E-state index in [0.29, 0.717) is 43.8 Å². The molecule has 1 aliphatic heterocycles. The first-order valence-corrected chi connectivity index (χ1v) is 10.3. The minimum atomic E-state index is 0.00873. The third-order valence-electron chi connectivity index (χ3n) is 4.85. The van der Waals surface area contributed by atoms with Crippen molar-refractivity contribution in [2.24, 2.45) is 0 Å². The van der Waals surface area contributed by atoms with Crippen molar-refractivity contribution < 1.29 is 18.8 Å². The van der Waals surface area contributed by atoms with Crippen LogP contribution in [-0.2, 0) is 4.79 Å². The fourth-order valence-corrected chi connectivity index (χ4v) is 3.33. The number of hydrogen-bond acceptors (Lipinski definition) is 6. The van der Waals surface area contributed by atoms with E-state index in [-0.39, 0.29) is 11.8 Å². The average molecular weight is 399 g/mol. The molecule has 0 N–H and O–H groups in total. The molecule has 0 unspecified atom stereocenters. The minimum Gasteiger partial charge on any atom is -0.490 e. The van der Waals surface area contributed by atoms with Gasteiger partial charge in [-0.15, -0.1) is 0 Å². The topological polar surface area (TPSA) is 77.7 Å². The predicted molar refractivity (Wildman–Crippen MR) is 110 cm³/mol. The molecule has 1 aromatic carbocycles. The van der Waals surface area contributed by atoms with E-state index >= 15 is 0 Å². The number of likely N-dealkylation sites (tertiary alicyclic amines) is 1. The van der Waals surface area contributed by atoms with Gasteiger partial charge in [0, 0.05) is 25.1 Å². The number of hydrogen-bond donors (Lipinski definition) is 0. The summed E-state index contributed by atoms with van der Waals surface area (Å²) in [6, 6.07) is 5.73. The summed E-state index contributed by atoms with van der Waals surface area (Å²) in [6.07, 6.45) is 6.04. The molecule has 2 aromatic rings. The molecule has 1 amide bonds. The molecule has 0 bridgehead atoms. The number of nitrogens with zero attached hydrogens (tertiary/aromatic N) is 3. The van der Waals surface area contributed by atoms with Gasteiger partial charge in [-0.05, 0) is 56.9 Å². The van der Waals surface area contributed by atoms with Gasteiger partial charge in [0.15, 0.2) is 17.3 Å². The Bertz CT molecular complexity index is 838. The highest BCUT2D eigenvalue weighted by atomic mass is 16.5. The molecule has 1 fully saturated rings. The number of ether oxygens (including phenoxy) is 2. The van der Waals surface area contributed by atoms with Crippen molar-refractivity contribution in [3.63, 3.8) is 0 Å². The van der Waals surface area contributed by atoms with E-state index < -0.39 is 0 Å². The van der Waals surface area contributed by atoms with Crippen LogP contribution in [-0.4, -0.2) is 47.3 Å². The van der Waals surface area contributed by atoms with Crippen LogP contribution in [0.5, 0.6) is 11.5 Å². The molecule has 1 aliphatic rings. The lowest BCUT2D eigenvalue weighted by atomic mass is 9.96. The Kier molecular flexibility index (Phi) is 7.27. The van der Waals surface area contributed by atoms with Gasteiger partial charge < -0.3 is 18.9 Å². The highest BCUT2D eigenvalue weighted by Crippen LogP contribution is 2.30. The van der Waals surface area contributed by atoms with Gasteiger partial charge in [-0.2, -0.15) is 4.98 Å². The molecule has 3 rings (SSSR count). The number of piperidine rings is 1. The summed E-state index contributed by atoms with van der Waals surface area (Å²) >= 11 is 0. The number of amides is 1. The van der Waals surface area contributed by atoms with Gasteiger partial charge >= 0.3 is 0 Å². The van der Waals surface area contributed by atoms with Crippen molar-refractivity contribution in [3.8, 4) is 11.5 Å². The summed E-state index contributed by atoms with van der Waals surface area (Å²) in [5.41, 5.74) is 0.905. The van der Waals surface area contributed by atoms with E-state index in [1.807, 2.05) is 43.0 Å². The minimum absolute atomic E-state index is 0.00873. The quantitative estimate of drug-likeness (QED) is 0.625. The van der Waals surface area contributed by atoms with Gasteiger partial charge in [0.2, 0.25) is 11.8 Å². The van der Waals surface area contributed by atoms with Gasteiger partial charge in [0.05, 0.1) is 13.2 Å². The number of carbonyl (C=O) groups is 1. The predicted octanol–water partition coefficient (Wildman–Crippen LogP) is 3.98. The van der Waals surface area contributed by atoms with E-state index in [9.17, 15) is 4.79 Å². The van der Waals surface area contributed by atoms with Crippen molar-refractivity contribution in [1.82, 2.24) is 15.0 Å². The van der Waals surface area contributed by atoms with Crippen LogP contribution in [0, 0.1) is 6.92 Å². The maximum absolute atomic E-state index is 12.6. The summed E-state index contributed by atoms with van der Waals surface area (Å²) in [4.78, 5) is 18.7. The monoisotopic (exact) mass is 399 g/mol. The molecule has 29 heavy (non-hydrogen) atoms. The number of rotatable bonds is 8. The standard InChI is InChI=1S/C22H29N3O4/c1-4-14-28-19-8-6-17(15-20(19)27-5-2)7-9-21(26)25-12-10-18(11-13-25)22-23-16(3)24-29-22/h6-9,15,18H,4-5,10-14H2,1-3H3/b9-7+. The van der Waals surface area contributed by atoms with Crippen molar-refractivity contribution in [2.45, 2.75) is 46.0 Å². The molecule has 0 radical (unpaired) electrons. The van der Waals surface area contributed by atoms with Crippen LogP contribution >= 0.6 is 0 Å². The van der Waals surface area contributed by atoms with Crippen molar-refractivity contribution in [3.05, 3.63) is 41.6 Å². The van der Waals surface area contributed by atoms with Gasteiger partial charge in [-0.25, -0.2) is 0 Å². The first-order chi connectivity index (χ1) is 14.1. The SMILES string of the molecule is CCCOc1ccc(/C=C/C(=O)N2CCC(c3nc(C)no3)CC2)cc1OCC. The summed E-state index contributed by atoms with van der Waals surface area (Å²) in [7, 11) is 0. The van der Waals surface area contributed by atoms with Crippen molar-refractivity contribution in [2.75, 3.05) is 26.3 Å². The second-order valence-corrected chi connectivity index (χ2v) is 7.10. The highest BCUT2D eigenvalue weighted by Gasteiger charge is 2.26. The Morgan fingerprint density at radius 1 is 1.24 bits per heavy atom. The maximum atomic E-state index is 12.6. The summed E-state index contributed by atoms with van der Waals surface area (Å²) in [6.45, 7) is 8.39. The third-order valence-corrected chi connectivity index (χ3v) is 4.85. The smallest absolute Gasteiger partial charge is 0.246 e. The Morgan fingerprint density at radius 2 is 2.03 bits per heavy atom. The van der Waals surface area contributed by atoms with Crippen molar-refractivity contribution >= 4 is 12.0 Å². The molecule has 1 saturated heterocycles. The highest BCUT2D eigenvalue weighted by molar-refractivity contribution is 5.92. The van der Waals surface area contributed by atoms with Crippen LogP contribution in [0.4, 0.5) is 0 Å². The number of aryl methyl sites for hydroxylation is 1. The molecule has 7 nitrogen and oxygen atoms in total. The first-order valence-electron chi connectivity index (χ1n) is 10.3. The zero-order chi connectivity index (χ0) is 20.6. The number of carbonyl (C=O) groups excluding carboxylic acids is 1. The summed E-state index contributed by atoms with van der Waals surface area (Å²) in [5, 5.41) is 3.85. The van der Waals surface area contributed by atoms with E-state index in [1.165, 1.54) is 0 Å². The van der Waals surface area contributed by atoms with E-state index in [4.69, 9.17) is 14.0 Å². The van der Waals surface area contributed by atoms with E-state index in [2.05, 4.69) is 17.1 Å². The fraction of sp³-hybridized carbons (Fsp3) is 0.500. The van der Waals surface area contributed by atoms with Gasteiger partial charge in [-0.1, -0.05) is 18.1 Å². The molecule has 1 aromatic heterocycles. The Hall–Kier alpha value is -2.83. The molecule has 0 atom stereocenters. The van der Waals surface area contributed by atoms with Crippen LogP contribution in [0.3, 0.4) is 0 Å². The molecular weight excluding hydrogens is 370 g/mol. The van der Waals surface area contributed by atoms with Crippen LogP contribution in [0.25, 0.3) is 6.08 Å². The Labute approximate surface area is 171 Å². The fourth-order valence-electron chi connectivity index (χ4n) is 3.33. The summed E-state index contributed by atoms with van der Waals surface area (Å²) < 4.78 is 16.7. The molecule has 2 heterocycles. The number of aromatic nitrogens is 2. The average Bonchev–Trinajstić information content (AvgIpc) is 3.18. The lowest BCUT2D eigenvalue weighted by Crippen LogP contribution is -2.36. The normalized spacial score (nSPS) is 15.1. The van der Waals surface area contributed by atoms with Gasteiger partial charge in [-0.3, -0.25) is 4.79 Å². The Balaban J connectivity index is 1.58. The van der Waals surface area contributed by atoms with Crippen LogP contribution < -0.4 is 9.47 Å². The van der Waals surface area contributed by atoms with Crippen LogP contribution in [0.2, 0.25) is 0 Å². The van der Waals surface area contributed by atoms with Crippen LogP contribution in [0.15, 0.2) is 28.8 Å². The van der Waals surface area contributed by atoms with Crippen LogP contribution in [0.1, 0.15) is 56.3 Å². The largest absolute Gasteiger partial charge is 0.490 e. The third kappa shape index (κ3) is 5.59. The molecule has 156 valence electrons. The zero-order valence-electron chi connectivity index (χ0n) is 17.4. The lowest BCUT2D eigenvalue weighted by Gasteiger charge is -2.29.